The van der Waals surface area contributed by atoms with Crippen molar-refractivity contribution in [2.75, 3.05) is 13.6 Å². The van der Waals surface area contributed by atoms with Crippen molar-refractivity contribution in [3.05, 3.63) is 47.5 Å². The number of aromatic nitrogens is 3. The number of halogens is 1. The Hall–Kier alpha value is -1.64. The lowest BCUT2D eigenvalue weighted by atomic mass is 10.1. The van der Waals surface area contributed by atoms with Gasteiger partial charge in [0.2, 0.25) is 0 Å². The van der Waals surface area contributed by atoms with E-state index in [-0.39, 0.29) is 24.0 Å². The molecule has 0 spiro atoms. The molecule has 0 bridgehead atoms. The standard InChI is InChI=1S/C15H22N6.HI/c1-12-10-17-7-4-13(12)5-8-18-15(16-2)19-11-14-6-9-20-21(14)3;/h4,6-7,9-10H,5,8,11H2,1-3H3,(H2,16,18,19);1H. The van der Waals surface area contributed by atoms with Crippen LogP contribution in [0.15, 0.2) is 35.7 Å². The molecular formula is C15H23IN6. The van der Waals surface area contributed by atoms with Crippen LogP contribution in [0.1, 0.15) is 16.8 Å². The molecule has 6 nitrogen and oxygen atoms in total. The molecule has 0 saturated carbocycles. The minimum absolute atomic E-state index is 0. The van der Waals surface area contributed by atoms with Crippen LogP contribution >= 0.6 is 24.0 Å². The van der Waals surface area contributed by atoms with E-state index in [2.05, 4.69) is 38.7 Å². The highest BCUT2D eigenvalue weighted by Gasteiger charge is 2.02. The van der Waals surface area contributed by atoms with Crippen molar-refractivity contribution >= 4 is 29.9 Å². The van der Waals surface area contributed by atoms with Gasteiger partial charge in [0.25, 0.3) is 0 Å². The lowest BCUT2D eigenvalue weighted by Gasteiger charge is -2.12. The Morgan fingerprint density at radius 3 is 2.73 bits per heavy atom. The summed E-state index contributed by atoms with van der Waals surface area (Å²) in [5.41, 5.74) is 3.64. The van der Waals surface area contributed by atoms with Gasteiger partial charge < -0.3 is 10.6 Å². The summed E-state index contributed by atoms with van der Waals surface area (Å²) in [6, 6.07) is 4.05. The average Bonchev–Trinajstić information content (AvgIpc) is 2.90. The molecule has 0 aromatic carbocycles. The molecule has 0 aliphatic heterocycles. The number of aliphatic imine (C=N–C) groups is 1. The monoisotopic (exact) mass is 414 g/mol. The fourth-order valence-electron chi connectivity index (χ4n) is 2.07. The summed E-state index contributed by atoms with van der Waals surface area (Å²) in [4.78, 5) is 8.33. The number of aryl methyl sites for hydroxylation is 2. The molecule has 0 radical (unpaired) electrons. The molecule has 0 unspecified atom stereocenters. The minimum Gasteiger partial charge on any atom is -0.356 e. The van der Waals surface area contributed by atoms with E-state index in [1.165, 1.54) is 11.1 Å². The van der Waals surface area contributed by atoms with Gasteiger partial charge in [-0.2, -0.15) is 5.10 Å². The summed E-state index contributed by atoms with van der Waals surface area (Å²) in [5, 5.41) is 10.7. The predicted molar refractivity (Wildman–Crippen MR) is 99.5 cm³/mol. The van der Waals surface area contributed by atoms with Crippen molar-refractivity contribution in [1.29, 1.82) is 0 Å². The van der Waals surface area contributed by atoms with Gasteiger partial charge in [0, 0.05) is 39.2 Å². The van der Waals surface area contributed by atoms with Crippen LogP contribution in [0.4, 0.5) is 0 Å². The van der Waals surface area contributed by atoms with Gasteiger partial charge in [0.05, 0.1) is 12.2 Å². The molecule has 0 amide bonds. The smallest absolute Gasteiger partial charge is 0.191 e. The summed E-state index contributed by atoms with van der Waals surface area (Å²) >= 11 is 0. The zero-order valence-corrected chi connectivity index (χ0v) is 15.5. The topological polar surface area (TPSA) is 67.1 Å². The number of guanidine groups is 1. The van der Waals surface area contributed by atoms with Crippen molar-refractivity contribution in [3.8, 4) is 0 Å². The quantitative estimate of drug-likeness (QED) is 0.444. The summed E-state index contributed by atoms with van der Waals surface area (Å²) in [5.74, 6) is 0.794. The first-order valence-corrected chi connectivity index (χ1v) is 7.01. The Bertz CT molecular complexity index is 608. The Labute approximate surface area is 148 Å². The maximum Gasteiger partial charge on any atom is 0.191 e. The van der Waals surface area contributed by atoms with Crippen LogP contribution in [0, 0.1) is 6.92 Å². The van der Waals surface area contributed by atoms with Crippen molar-refractivity contribution in [3.63, 3.8) is 0 Å². The lowest BCUT2D eigenvalue weighted by molar-refractivity contribution is 0.684. The molecule has 0 fully saturated rings. The maximum atomic E-state index is 4.22. The fourth-order valence-corrected chi connectivity index (χ4v) is 2.07. The Balaban J connectivity index is 0.00000242. The van der Waals surface area contributed by atoms with Gasteiger partial charge >= 0.3 is 0 Å². The van der Waals surface area contributed by atoms with Gasteiger partial charge in [-0.15, -0.1) is 24.0 Å². The average molecular weight is 414 g/mol. The molecule has 22 heavy (non-hydrogen) atoms. The third-order valence-corrected chi connectivity index (χ3v) is 3.41. The summed E-state index contributed by atoms with van der Waals surface area (Å²) in [7, 11) is 3.70. The molecule has 2 heterocycles. The minimum atomic E-state index is 0. The molecule has 2 N–H and O–H groups in total. The van der Waals surface area contributed by atoms with Crippen molar-refractivity contribution < 1.29 is 0 Å². The molecule has 0 atom stereocenters. The van der Waals surface area contributed by atoms with Crippen LogP contribution in [0.5, 0.6) is 0 Å². The molecular weight excluding hydrogens is 391 g/mol. The second-order valence-electron chi connectivity index (χ2n) is 4.85. The third-order valence-electron chi connectivity index (χ3n) is 3.41. The third kappa shape index (κ3) is 5.28. The lowest BCUT2D eigenvalue weighted by Crippen LogP contribution is -2.38. The molecule has 7 heteroatoms. The number of rotatable bonds is 5. The molecule has 2 aromatic heterocycles. The second kappa shape index (κ2) is 9.39. The zero-order valence-electron chi connectivity index (χ0n) is 13.2. The Kier molecular flexibility index (Phi) is 7.86. The molecule has 0 aliphatic rings. The van der Waals surface area contributed by atoms with Crippen LogP contribution in [0.3, 0.4) is 0 Å². The normalized spacial score (nSPS) is 11.0. The molecule has 0 aliphatic carbocycles. The van der Waals surface area contributed by atoms with Crippen LogP contribution in [-0.2, 0) is 20.0 Å². The highest BCUT2D eigenvalue weighted by molar-refractivity contribution is 14.0. The van der Waals surface area contributed by atoms with Crippen molar-refractivity contribution in [2.45, 2.75) is 19.9 Å². The van der Waals surface area contributed by atoms with Crippen molar-refractivity contribution in [1.82, 2.24) is 25.4 Å². The van der Waals surface area contributed by atoms with E-state index in [9.17, 15) is 0 Å². The molecule has 120 valence electrons. The predicted octanol–water partition coefficient (Wildman–Crippen LogP) is 1.65. The zero-order chi connectivity index (χ0) is 15.1. The van der Waals surface area contributed by atoms with Crippen LogP contribution in [-0.4, -0.2) is 34.3 Å². The van der Waals surface area contributed by atoms with E-state index >= 15 is 0 Å². The SMILES string of the molecule is CN=C(NCCc1ccncc1C)NCc1ccnn1C.I. The summed E-state index contributed by atoms with van der Waals surface area (Å²) in [6.45, 7) is 3.61. The second-order valence-corrected chi connectivity index (χ2v) is 4.85. The number of nitrogens with one attached hydrogen (secondary N) is 2. The summed E-state index contributed by atoms with van der Waals surface area (Å²) < 4.78 is 1.85. The highest BCUT2D eigenvalue weighted by atomic mass is 127. The van der Waals surface area contributed by atoms with Gasteiger partial charge in [-0.25, -0.2) is 0 Å². The van der Waals surface area contributed by atoms with E-state index in [0.717, 1.165) is 24.6 Å². The van der Waals surface area contributed by atoms with Gasteiger partial charge in [-0.3, -0.25) is 14.7 Å². The first kappa shape index (κ1) is 18.4. The molecule has 2 rings (SSSR count). The number of hydrogen-bond acceptors (Lipinski definition) is 3. The number of nitrogens with zero attached hydrogens (tertiary/aromatic N) is 4. The Morgan fingerprint density at radius 1 is 1.27 bits per heavy atom. The van der Waals surface area contributed by atoms with Gasteiger partial charge in [0.15, 0.2) is 5.96 Å². The Morgan fingerprint density at radius 2 is 2.09 bits per heavy atom. The highest BCUT2D eigenvalue weighted by Crippen LogP contribution is 2.04. The van der Waals surface area contributed by atoms with E-state index in [1.54, 1.807) is 13.2 Å². The van der Waals surface area contributed by atoms with E-state index in [0.29, 0.717) is 6.54 Å². The van der Waals surface area contributed by atoms with Crippen LogP contribution < -0.4 is 10.6 Å². The van der Waals surface area contributed by atoms with Gasteiger partial charge in [-0.05, 0) is 36.6 Å². The van der Waals surface area contributed by atoms with E-state index in [4.69, 9.17) is 0 Å². The van der Waals surface area contributed by atoms with Crippen LogP contribution in [0.25, 0.3) is 0 Å². The largest absolute Gasteiger partial charge is 0.356 e. The summed E-state index contributed by atoms with van der Waals surface area (Å²) in [6.07, 6.45) is 6.46. The first-order chi connectivity index (χ1) is 10.2. The molecule has 0 saturated heterocycles. The first-order valence-electron chi connectivity index (χ1n) is 7.01. The fraction of sp³-hybridized carbons (Fsp3) is 0.400. The number of pyridine rings is 1. The van der Waals surface area contributed by atoms with E-state index in [1.807, 2.05) is 30.2 Å². The van der Waals surface area contributed by atoms with Crippen LogP contribution in [0.2, 0.25) is 0 Å². The van der Waals surface area contributed by atoms with Crippen molar-refractivity contribution in [2.24, 2.45) is 12.0 Å². The van der Waals surface area contributed by atoms with E-state index < -0.39 is 0 Å². The maximum absolute atomic E-state index is 4.22. The number of hydrogen-bond donors (Lipinski definition) is 2. The van der Waals surface area contributed by atoms with Gasteiger partial charge in [0.1, 0.15) is 0 Å². The molecule has 2 aromatic rings. The van der Waals surface area contributed by atoms with Gasteiger partial charge in [-0.1, -0.05) is 0 Å².